The highest BCUT2D eigenvalue weighted by atomic mass is 35.5. The summed E-state index contributed by atoms with van der Waals surface area (Å²) >= 11 is 13.4. The molecule has 2 N–H and O–H groups in total. The minimum Gasteiger partial charge on any atom is -0.396 e. The Labute approximate surface area is 269 Å². The third-order valence-corrected chi connectivity index (χ3v) is 9.96. The van der Waals surface area contributed by atoms with E-state index in [0.717, 1.165) is 40.0 Å². The van der Waals surface area contributed by atoms with Crippen LogP contribution in [-0.2, 0) is 11.8 Å². The van der Waals surface area contributed by atoms with E-state index in [4.69, 9.17) is 23.2 Å². The third-order valence-electron chi connectivity index (χ3n) is 9.08. The smallest absolute Gasteiger partial charge is 0.253 e. The van der Waals surface area contributed by atoms with Crippen molar-refractivity contribution in [1.82, 2.24) is 10.2 Å². The van der Waals surface area contributed by atoms with E-state index in [1.807, 2.05) is 36.2 Å². The zero-order valence-electron chi connectivity index (χ0n) is 26.8. The van der Waals surface area contributed by atoms with E-state index in [1.54, 1.807) is 6.07 Å². The van der Waals surface area contributed by atoms with Crippen LogP contribution in [0, 0.1) is 11.8 Å². The van der Waals surface area contributed by atoms with Gasteiger partial charge in [-0.2, -0.15) is 0 Å². The summed E-state index contributed by atoms with van der Waals surface area (Å²) in [5.41, 5.74) is 6.78. The second-order valence-electron chi connectivity index (χ2n) is 11.9. The molecule has 2 aromatic carbocycles. The van der Waals surface area contributed by atoms with Gasteiger partial charge in [-0.25, -0.2) is 0 Å². The van der Waals surface area contributed by atoms with E-state index >= 15 is 0 Å². The molecule has 1 saturated carbocycles. The first-order chi connectivity index (χ1) is 20.5. The van der Waals surface area contributed by atoms with Crippen molar-refractivity contribution in [1.29, 1.82) is 0 Å². The fraction of sp³-hybridized carbons (Fsp3) is 0.432. The second kappa shape index (κ2) is 15.3. The van der Waals surface area contributed by atoms with Gasteiger partial charge in [-0.15, -0.1) is 0 Å². The minimum absolute atomic E-state index is 0.0172. The number of amides is 1. The quantitative estimate of drug-likeness (QED) is 0.277. The standard InChI is InChI=1S/C34H40Cl2N2O2.C3H8/c1-7-34(23(4)24(34)5)30-15-14-29(31(35)32(30)36)33(40)37-28(16-18-39)19-26-10-12-27(13-11-26)22(3)20-38-17-8-9-21(2)25(38)6;1-3-2/h8-15,17,20,23-24,28,39H,6-7,16,18-19H2,1-5H3,(H,37,40);3H2,1-2H3/b22-20+;/t23?,24?,28-,34?;/m1./s1. The molecule has 1 fully saturated rings. The molecule has 232 valence electrons. The summed E-state index contributed by atoms with van der Waals surface area (Å²) in [7, 11) is 0. The van der Waals surface area contributed by atoms with Gasteiger partial charge in [-0.05, 0) is 84.9 Å². The van der Waals surface area contributed by atoms with Crippen molar-refractivity contribution >= 4 is 34.7 Å². The number of allylic oxidation sites excluding steroid dienone is 4. The summed E-state index contributed by atoms with van der Waals surface area (Å²) in [5, 5.41) is 13.5. The van der Waals surface area contributed by atoms with Gasteiger partial charge in [0.15, 0.2) is 0 Å². The Morgan fingerprint density at radius 2 is 1.72 bits per heavy atom. The van der Waals surface area contributed by atoms with Crippen molar-refractivity contribution in [3.63, 3.8) is 0 Å². The Kier molecular flexibility index (Phi) is 12.3. The first-order valence-corrected chi connectivity index (χ1v) is 16.2. The topological polar surface area (TPSA) is 52.6 Å². The van der Waals surface area contributed by atoms with Crippen molar-refractivity contribution in [2.45, 2.75) is 85.6 Å². The summed E-state index contributed by atoms with van der Waals surface area (Å²) in [6.07, 6.45) is 11.4. The van der Waals surface area contributed by atoms with Gasteiger partial charge < -0.3 is 15.3 Å². The van der Waals surface area contributed by atoms with E-state index in [-0.39, 0.29) is 24.0 Å². The maximum absolute atomic E-state index is 13.3. The lowest BCUT2D eigenvalue weighted by Crippen LogP contribution is -2.37. The zero-order chi connectivity index (χ0) is 31.9. The summed E-state index contributed by atoms with van der Waals surface area (Å²) in [5.74, 6) is 0.759. The summed E-state index contributed by atoms with van der Waals surface area (Å²) < 4.78 is 0. The Morgan fingerprint density at radius 3 is 2.28 bits per heavy atom. The van der Waals surface area contributed by atoms with Gasteiger partial charge in [0.25, 0.3) is 5.91 Å². The number of aliphatic hydroxyl groups is 1. The number of nitrogens with zero attached hydrogens (tertiary/aromatic N) is 1. The van der Waals surface area contributed by atoms with E-state index < -0.39 is 0 Å². The molecule has 0 spiro atoms. The first-order valence-electron chi connectivity index (χ1n) is 15.5. The van der Waals surface area contributed by atoms with Crippen LogP contribution in [0.15, 0.2) is 78.8 Å². The molecular weight excluding hydrogens is 575 g/mol. The fourth-order valence-electron chi connectivity index (χ4n) is 6.18. The molecule has 0 saturated heterocycles. The van der Waals surface area contributed by atoms with Gasteiger partial charge in [0.05, 0.1) is 15.6 Å². The van der Waals surface area contributed by atoms with Crippen LogP contribution in [0.25, 0.3) is 5.57 Å². The lowest BCUT2D eigenvalue weighted by atomic mass is 9.88. The normalized spacial score (nSPS) is 22.0. The Morgan fingerprint density at radius 1 is 1.09 bits per heavy atom. The SMILES string of the molecule is C=C1C(C)=CC=CN1/C=C(\C)c1ccc(C[C@@H](CCO)NC(=O)c2ccc(C3(CC)C(C)C3C)c(Cl)c2Cl)cc1.CCC. The van der Waals surface area contributed by atoms with Crippen LogP contribution in [-0.4, -0.2) is 28.6 Å². The van der Waals surface area contributed by atoms with Crippen LogP contribution in [0.4, 0.5) is 0 Å². The number of carbonyl (C=O) groups excluding carboxylic acids is 1. The molecule has 6 heteroatoms. The molecule has 1 heterocycles. The predicted octanol–water partition coefficient (Wildman–Crippen LogP) is 9.72. The number of hydrogen-bond acceptors (Lipinski definition) is 3. The lowest BCUT2D eigenvalue weighted by Gasteiger charge is -2.23. The number of hydrogen-bond donors (Lipinski definition) is 2. The molecule has 2 unspecified atom stereocenters. The number of rotatable bonds is 10. The Balaban J connectivity index is 0.00000162. The summed E-state index contributed by atoms with van der Waals surface area (Å²) in [4.78, 5) is 15.3. The highest BCUT2D eigenvalue weighted by Crippen LogP contribution is 2.63. The van der Waals surface area contributed by atoms with E-state index in [2.05, 4.69) is 83.9 Å². The average molecular weight is 624 g/mol. The van der Waals surface area contributed by atoms with Gasteiger partial charge in [0.2, 0.25) is 0 Å². The van der Waals surface area contributed by atoms with E-state index in [0.29, 0.717) is 40.3 Å². The third kappa shape index (κ3) is 7.66. The molecule has 2 aliphatic rings. The summed E-state index contributed by atoms with van der Waals surface area (Å²) in [6.45, 7) is 19.2. The molecule has 0 bridgehead atoms. The molecule has 0 aromatic heterocycles. The van der Waals surface area contributed by atoms with Crippen molar-refractivity contribution in [3.8, 4) is 0 Å². The maximum Gasteiger partial charge on any atom is 0.253 e. The number of benzene rings is 2. The van der Waals surface area contributed by atoms with Crippen LogP contribution in [0.2, 0.25) is 10.0 Å². The van der Waals surface area contributed by atoms with Gasteiger partial charge in [-0.3, -0.25) is 4.79 Å². The number of halogens is 2. The molecule has 1 aliphatic carbocycles. The molecule has 2 aromatic rings. The molecule has 4 rings (SSSR count). The molecule has 1 aliphatic heterocycles. The van der Waals surface area contributed by atoms with Crippen LogP contribution in [0.3, 0.4) is 0 Å². The molecule has 0 radical (unpaired) electrons. The highest BCUT2D eigenvalue weighted by molar-refractivity contribution is 6.44. The van der Waals surface area contributed by atoms with Crippen LogP contribution < -0.4 is 5.32 Å². The van der Waals surface area contributed by atoms with Crippen molar-refractivity contribution in [2.75, 3.05) is 6.61 Å². The van der Waals surface area contributed by atoms with Gasteiger partial charge in [0, 0.05) is 36.2 Å². The molecule has 43 heavy (non-hydrogen) atoms. The molecule has 4 nitrogen and oxygen atoms in total. The summed E-state index contributed by atoms with van der Waals surface area (Å²) in [6, 6.07) is 11.8. The van der Waals surface area contributed by atoms with Crippen molar-refractivity contribution in [2.24, 2.45) is 11.8 Å². The average Bonchev–Trinajstić information content (AvgIpc) is 3.52. The molecule has 3 atom stereocenters. The van der Waals surface area contributed by atoms with Crippen molar-refractivity contribution < 1.29 is 9.90 Å². The van der Waals surface area contributed by atoms with Gasteiger partial charge >= 0.3 is 0 Å². The number of carbonyl (C=O) groups is 1. The zero-order valence-corrected chi connectivity index (χ0v) is 28.3. The minimum atomic E-state index is -0.283. The van der Waals surface area contributed by atoms with E-state index in [1.165, 1.54) is 6.42 Å². The van der Waals surface area contributed by atoms with Crippen LogP contribution in [0.1, 0.15) is 94.8 Å². The number of nitrogens with one attached hydrogen (secondary N) is 1. The molecule has 1 amide bonds. The Hall–Kier alpha value is -2.79. The highest BCUT2D eigenvalue weighted by Gasteiger charge is 2.59. The van der Waals surface area contributed by atoms with Crippen LogP contribution >= 0.6 is 23.2 Å². The maximum atomic E-state index is 13.3. The van der Waals surface area contributed by atoms with E-state index in [9.17, 15) is 9.90 Å². The Bertz CT molecular complexity index is 1380. The van der Waals surface area contributed by atoms with Crippen LogP contribution in [0.5, 0.6) is 0 Å². The second-order valence-corrected chi connectivity index (χ2v) is 12.7. The first kappa shape index (κ1) is 34.7. The predicted molar refractivity (Wildman–Crippen MR) is 183 cm³/mol. The van der Waals surface area contributed by atoms with Gasteiger partial charge in [-0.1, -0.05) is 107 Å². The van der Waals surface area contributed by atoms with Gasteiger partial charge in [0.1, 0.15) is 0 Å². The monoisotopic (exact) mass is 622 g/mol. The largest absolute Gasteiger partial charge is 0.396 e. The molecular formula is C37H48Cl2N2O2. The lowest BCUT2D eigenvalue weighted by molar-refractivity contribution is 0.0930. The van der Waals surface area contributed by atoms with Crippen molar-refractivity contribution in [3.05, 3.63) is 111 Å². The fourth-order valence-corrected chi connectivity index (χ4v) is 6.77. The number of aliphatic hydroxyl groups excluding tert-OH is 1.